The molecule has 136 valence electrons. The number of nitrogens with zero attached hydrogens (tertiary/aromatic N) is 3. The molecule has 4 rings (SSSR count). The van der Waals surface area contributed by atoms with Crippen LogP contribution in [0.25, 0.3) is 22.3 Å². The minimum Gasteiger partial charge on any atom is -0.280 e. The maximum Gasteiger partial charge on any atom is 0.264 e. The number of rotatable bonds is 4. The SMILES string of the molecule is Cc1cnc2c(S(=O)(=O)Nc3cccc(-c4n[nH]c(C)n4)c3)cccc2c1. The maximum atomic E-state index is 13.0. The summed E-state index contributed by atoms with van der Waals surface area (Å²) in [6.45, 7) is 3.72. The van der Waals surface area contributed by atoms with Gasteiger partial charge in [-0.15, -0.1) is 0 Å². The molecule has 2 aromatic heterocycles. The van der Waals surface area contributed by atoms with Crippen LogP contribution in [0.15, 0.2) is 59.6 Å². The molecular formula is C19H17N5O2S. The van der Waals surface area contributed by atoms with Crippen molar-refractivity contribution in [2.75, 3.05) is 4.72 Å². The Morgan fingerprint density at radius 1 is 1.04 bits per heavy atom. The Labute approximate surface area is 156 Å². The Kier molecular flexibility index (Phi) is 4.12. The lowest BCUT2D eigenvalue weighted by Crippen LogP contribution is -2.13. The van der Waals surface area contributed by atoms with Gasteiger partial charge in [0.15, 0.2) is 5.82 Å². The summed E-state index contributed by atoms with van der Waals surface area (Å²) in [6.07, 6.45) is 1.66. The quantitative estimate of drug-likeness (QED) is 0.566. The van der Waals surface area contributed by atoms with Gasteiger partial charge in [0.2, 0.25) is 0 Å². The monoisotopic (exact) mass is 379 g/mol. The van der Waals surface area contributed by atoms with E-state index < -0.39 is 10.0 Å². The number of hydrogen-bond donors (Lipinski definition) is 2. The van der Waals surface area contributed by atoms with Gasteiger partial charge in [0, 0.05) is 22.8 Å². The average molecular weight is 379 g/mol. The van der Waals surface area contributed by atoms with Gasteiger partial charge < -0.3 is 0 Å². The van der Waals surface area contributed by atoms with Gasteiger partial charge >= 0.3 is 0 Å². The van der Waals surface area contributed by atoms with E-state index in [2.05, 4.69) is 24.9 Å². The van der Waals surface area contributed by atoms with E-state index in [9.17, 15) is 8.42 Å². The fourth-order valence-corrected chi connectivity index (χ4v) is 4.09. The van der Waals surface area contributed by atoms with Gasteiger partial charge in [-0.1, -0.05) is 24.3 Å². The predicted molar refractivity (Wildman–Crippen MR) is 104 cm³/mol. The Balaban J connectivity index is 1.72. The van der Waals surface area contributed by atoms with Gasteiger partial charge in [-0.25, -0.2) is 13.4 Å². The fourth-order valence-electron chi connectivity index (χ4n) is 2.86. The van der Waals surface area contributed by atoms with Gasteiger partial charge in [0.05, 0.1) is 5.52 Å². The molecule has 0 aliphatic rings. The summed E-state index contributed by atoms with van der Waals surface area (Å²) in [4.78, 5) is 8.72. The van der Waals surface area contributed by atoms with E-state index in [1.54, 1.807) is 43.5 Å². The van der Waals surface area contributed by atoms with Gasteiger partial charge in [-0.3, -0.25) is 14.8 Å². The number of benzene rings is 2. The molecule has 2 heterocycles. The molecule has 27 heavy (non-hydrogen) atoms. The number of nitrogens with one attached hydrogen (secondary N) is 2. The topological polar surface area (TPSA) is 101 Å². The van der Waals surface area contributed by atoms with Gasteiger partial charge in [0.1, 0.15) is 10.7 Å². The van der Waals surface area contributed by atoms with E-state index in [4.69, 9.17) is 0 Å². The highest BCUT2D eigenvalue weighted by molar-refractivity contribution is 7.93. The van der Waals surface area contributed by atoms with Crippen molar-refractivity contribution < 1.29 is 8.42 Å². The van der Waals surface area contributed by atoms with Crippen LogP contribution in [-0.4, -0.2) is 28.6 Å². The van der Waals surface area contributed by atoms with Crippen molar-refractivity contribution in [3.63, 3.8) is 0 Å². The molecule has 7 nitrogen and oxygen atoms in total. The minimum absolute atomic E-state index is 0.138. The van der Waals surface area contributed by atoms with E-state index in [0.29, 0.717) is 28.4 Å². The van der Waals surface area contributed by atoms with Crippen LogP contribution in [-0.2, 0) is 10.0 Å². The van der Waals surface area contributed by atoms with Gasteiger partial charge in [0.25, 0.3) is 10.0 Å². The molecule has 0 unspecified atom stereocenters. The van der Waals surface area contributed by atoms with Crippen LogP contribution >= 0.6 is 0 Å². The Bertz CT molecular complexity index is 1250. The number of pyridine rings is 1. The third kappa shape index (κ3) is 3.39. The van der Waals surface area contributed by atoms with Crippen LogP contribution in [0.1, 0.15) is 11.4 Å². The summed E-state index contributed by atoms with van der Waals surface area (Å²) >= 11 is 0. The summed E-state index contributed by atoms with van der Waals surface area (Å²) in [5.74, 6) is 1.20. The molecule has 0 amide bonds. The molecule has 0 aliphatic carbocycles. The summed E-state index contributed by atoms with van der Waals surface area (Å²) in [5, 5.41) is 7.67. The first-order chi connectivity index (χ1) is 12.9. The molecule has 0 bridgehead atoms. The average Bonchev–Trinajstić information content (AvgIpc) is 3.07. The number of aromatic amines is 1. The highest BCUT2D eigenvalue weighted by Crippen LogP contribution is 2.25. The Morgan fingerprint density at radius 3 is 2.63 bits per heavy atom. The van der Waals surface area contributed by atoms with Crippen molar-refractivity contribution in [3.8, 4) is 11.4 Å². The van der Waals surface area contributed by atoms with Crippen molar-refractivity contribution in [2.45, 2.75) is 18.7 Å². The van der Waals surface area contributed by atoms with Crippen LogP contribution in [0.5, 0.6) is 0 Å². The third-order valence-electron chi connectivity index (χ3n) is 4.07. The van der Waals surface area contributed by atoms with Gasteiger partial charge in [-0.2, -0.15) is 5.10 Å². The molecule has 0 saturated carbocycles. The zero-order valence-electron chi connectivity index (χ0n) is 14.8. The second kappa shape index (κ2) is 6.48. The van der Waals surface area contributed by atoms with Crippen molar-refractivity contribution in [3.05, 3.63) is 66.1 Å². The number of aryl methyl sites for hydroxylation is 2. The number of para-hydroxylation sites is 1. The minimum atomic E-state index is -3.81. The molecule has 0 spiro atoms. The van der Waals surface area contributed by atoms with Crippen LogP contribution in [0.4, 0.5) is 5.69 Å². The van der Waals surface area contributed by atoms with E-state index in [1.165, 1.54) is 0 Å². The maximum absolute atomic E-state index is 13.0. The Morgan fingerprint density at radius 2 is 1.85 bits per heavy atom. The van der Waals surface area contributed by atoms with E-state index in [-0.39, 0.29) is 4.90 Å². The molecular weight excluding hydrogens is 362 g/mol. The highest BCUT2D eigenvalue weighted by Gasteiger charge is 2.19. The van der Waals surface area contributed by atoms with Crippen molar-refractivity contribution >= 4 is 26.6 Å². The smallest absolute Gasteiger partial charge is 0.264 e. The standard InChI is InChI=1S/C19H17N5O2S/c1-12-9-14-5-4-8-17(18(14)20-11-12)27(25,26)24-16-7-3-6-15(10-16)19-21-13(2)22-23-19/h3-11,24H,1-2H3,(H,21,22,23). The largest absolute Gasteiger partial charge is 0.280 e. The van der Waals surface area contributed by atoms with E-state index in [1.807, 2.05) is 25.1 Å². The first-order valence-electron chi connectivity index (χ1n) is 8.30. The van der Waals surface area contributed by atoms with E-state index in [0.717, 1.165) is 10.9 Å². The molecule has 0 radical (unpaired) electrons. The lowest BCUT2D eigenvalue weighted by molar-refractivity contribution is 0.602. The second-order valence-electron chi connectivity index (χ2n) is 6.27. The number of anilines is 1. The van der Waals surface area contributed by atoms with Crippen LogP contribution < -0.4 is 4.72 Å². The van der Waals surface area contributed by atoms with Crippen molar-refractivity contribution in [1.82, 2.24) is 20.2 Å². The molecule has 0 aliphatic heterocycles. The zero-order chi connectivity index (χ0) is 19.0. The Hall–Kier alpha value is -3.26. The summed E-state index contributed by atoms with van der Waals surface area (Å²) < 4.78 is 28.6. The van der Waals surface area contributed by atoms with Crippen molar-refractivity contribution in [2.24, 2.45) is 0 Å². The zero-order valence-corrected chi connectivity index (χ0v) is 15.6. The lowest BCUT2D eigenvalue weighted by Gasteiger charge is -2.11. The molecule has 4 aromatic rings. The summed E-state index contributed by atoms with van der Waals surface area (Å²) in [7, 11) is -3.81. The molecule has 2 N–H and O–H groups in total. The number of sulfonamides is 1. The first-order valence-corrected chi connectivity index (χ1v) is 9.78. The number of fused-ring (bicyclic) bond motifs is 1. The van der Waals surface area contributed by atoms with Crippen LogP contribution in [0.2, 0.25) is 0 Å². The van der Waals surface area contributed by atoms with Crippen LogP contribution in [0, 0.1) is 13.8 Å². The highest BCUT2D eigenvalue weighted by atomic mass is 32.2. The molecule has 0 saturated heterocycles. The number of H-pyrrole nitrogens is 1. The van der Waals surface area contributed by atoms with Crippen molar-refractivity contribution in [1.29, 1.82) is 0 Å². The second-order valence-corrected chi connectivity index (χ2v) is 7.92. The normalized spacial score (nSPS) is 11.6. The predicted octanol–water partition coefficient (Wildman–Crippen LogP) is 3.44. The molecule has 0 fully saturated rings. The number of aromatic nitrogens is 4. The lowest BCUT2D eigenvalue weighted by atomic mass is 10.2. The third-order valence-corrected chi connectivity index (χ3v) is 5.48. The summed E-state index contributed by atoms with van der Waals surface area (Å²) in [5.41, 5.74) is 2.56. The molecule has 8 heteroatoms. The first kappa shape index (κ1) is 17.2. The fraction of sp³-hybridized carbons (Fsp3) is 0.105. The van der Waals surface area contributed by atoms with Gasteiger partial charge in [-0.05, 0) is 43.7 Å². The summed E-state index contributed by atoms with van der Waals surface area (Å²) in [6, 6.07) is 14.0. The molecule has 2 aromatic carbocycles. The molecule has 0 atom stereocenters. The van der Waals surface area contributed by atoms with Crippen LogP contribution in [0.3, 0.4) is 0 Å². The van der Waals surface area contributed by atoms with E-state index >= 15 is 0 Å². The number of hydrogen-bond acceptors (Lipinski definition) is 5.